The van der Waals surface area contributed by atoms with Crippen LogP contribution >= 0.6 is 33.9 Å². The van der Waals surface area contributed by atoms with Crippen LogP contribution in [0.1, 0.15) is 18.5 Å². The summed E-state index contributed by atoms with van der Waals surface area (Å²) in [6.45, 7) is 2.01. The predicted molar refractivity (Wildman–Crippen MR) is 72.2 cm³/mol. The van der Waals surface area contributed by atoms with Crippen LogP contribution in [0.25, 0.3) is 10.1 Å². The van der Waals surface area contributed by atoms with Gasteiger partial charge in [-0.1, -0.05) is 18.2 Å². The highest BCUT2D eigenvalue weighted by atomic mass is 127. The van der Waals surface area contributed by atoms with Crippen LogP contribution in [-0.4, -0.2) is 6.41 Å². The Bertz CT molecular complexity index is 494. The number of thiophene rings is 1. The second-order valence-corrected chi connectivity index (χ2v) is 6.15. The van der Waals surface area contributed by atoms with Gasteiger partial charge in [-0.25, -0.2) is 0 Å². The molecule has 0 radical (unpaired) electrons. The highest BCUT2D eigenvalue weighted by Crippen LogP contribution is 2.35. The molecule has 0 saturated heterocycles. The van der Waals surface area contributed by atoms with Gasteiger partial charge in [-0.05, 0) is 41.0 Å². The van der Waals surface area contributed by atoms with E-state index in [0.29, 0.717) is 0 Å². The number of hydrogen-bond acceptors (Lipinski definition) is 2. The van der Waals surface area contributed by atoms with Gasteiger partial charge in [0.25, 0.3) is 0 Å². The molecule has 1 aromatic carbocycles. The Hall–Kier alpha value is -0.620. The number of fused-ring (bicyclic) bond motifs is 1. The lowest BCUT2D eigenvalue weighted by molar-refractivity contribution is -0.110. The SMILES string of the molecule is CC(NC=O)c1c(I)sc2ccccc12. The van der Waals surface area contributed by atoms with Crippen molar-refractivity contribution in [2.24, 2.45) is 0 Å². The normalized spacial score (nSPS) is 12.7. The number of halogens is 1. The molecule has 15 heavy (non-hydrogen) atoms. The van der Waals surface area contributed by atoms with Gasteiger partial charge in [-0.3, -0.25) is 4.79 Å². The van der Waals surface area contributed by atoms with Crippen LogP contribution in [-0.2, 0) is 4.79 Å². The molecule has 1 heterocycles. The summed E-state index contributed by atoms with van der Waals surface area (Å²) in [5.74, 6) is 0. The Kier molecular flexibility index (Phi) is 3.25. The average Bonchev–Trinajstić information content (AvgIpc) is 2.54. The lowest BCUT2D eigenvalue weighted by atomic mass is 10.1. The molecule has 1 aromatic heterocycles. The van der Waals surface area contributed by atoms with Crippen molar-refractivity contribution in [1.82, 2.24) is 5.32 Å². The van der Waals surface area contributed by atoms with E-state index in [9.17, 15) is 4.79 Å². The van der Waals surface area contributed by atoms with Crippen molar-refractivity contribution in [3.8, 4) is 0 Å². The van der Waals surface area contributed by atoms with Crippen molar-refractivity contribution < 1.29 is 4.79 Å². The van der Waals surface area contributed by atoms with Crippen LogP contribution in [0.3, 0.4) is 0 Å². The number of rotatable bonds is 3. The number of nitrogens with one attached hydrogen (secondary N) is 1. The lowest BCUT2D eigenvalue weighted by Crippen LogP contribution is -2.16. The first-order valence-corrected chi connectivity index (χ1v) is 6.50. The van der Waals surface area contributed by atoms with Gasteiger partial charge < -0.3 is 5.32 Å². The molecule has 0 aliphatic heterocycles. The van der Waals surface area contributed by atoms with Gasteiger partial charge >= 0.3 is 0 Å². The number of amides is 1. The minimum Gasteiger partial charge on any atom is -0.352 e. The van der Waals surface area contributed by atoms with E-state index in [1.54, 1.807) is 11.3 Å². The molecule has 0 aliphatic rings. The molecular weight excluding hydrogens is 321 g/mol. The fourth-order valence-electron chi connectivity index (χ4n) is 1.62. The van der Waals surface area contributed by atoms with Crippen molar-refractivity contribution in [2.75, 3.05) is 0 Å². The Morgan fingerprint density at radius 1 is 1.47 bits per heavy atom. The Labute approximate surface area is 106 Å². The van der Waals surface area contributed by atoms with Crippen LogP contribution in [0.2, 0.25) is 0 Å². The highest BCUT2D eigenvalue weighted by Gasteiger charge is 2.14. The minimum atomic E-state index is 0.0746. The molecule has 0 saturated carbocycles. The second-order valence-electron chi connectivity index (χ2n) is 3.29. The fourth-order valence-corrected chi connectivity index (χ4v) is 4.12. The molecule has 4 heteroatoms. The summed E-state index contributed by atoms with van der Waals surface area (Å²) in [5, 5.41) is 4.05. The Balaban J connectivity index is 2.58. The van der Waals surface area contributed by atoms with Crippen LogP contribution in [0.4, 0.5) is 0 Å². The topological polar surface area (TPSA) is 29.1 Å². The van der Waals surface area contributed by atoms with Crippen molar-refractivity contribution >= 4 is 50.4 Å². The summed E-state index contributed by atoms with van der Waals surface area (Å²) in [5.41, 5.74) is 1.23. The molecular formula is C11H10INOS. The lowest BCUT2D eigenvalue weighted by Gasteiger charge is -2.09. The summed E-state index contributed by atoms with van der Waals surface area (Å²) in [6, 6.07) is 8.36. The zero-order chi connectivity index (χ0) is 10.8. The van der Waals surface area contributed by atoms with Crippen LogP contribution in [0.5, 0.6) is 0 Å². The molecule has 2 aromatic rings. The first-order chi connectivity index (χ1) is 7.24. The molecule has 1 atom stereocenters. The Morgan fingerprint density at radius 3 is 2.93 bits per heavy atom. The predicted octanol–water partition coefficient (Wildman–Crippen LogP) is 3.31. The van der Waals surface area contributed by atoms with E-state index < -0.39 is 0 Å². The third kappa shape index (κ3) is 2.01. The first kappa shape index (κ1) is 10.9. The van der Waals surface area contributed by atoms with E-state index in [1.807, 2.05) is 19.1 Å². The maximum Gasteiger partial charge on any atom is 0.207 e. The maximum atomic E-state index is 10.4. The smallest absolute Gasteiger partial charge is 0.207 e. The summed E-state index contributed by atoms with van der Waals surface area (Å²) >= 11 is 4.09. The molecule has 1 unspecified atom stereocenters. The summed E-state index contributed by atoms with van der Waals surface area (Å²) in [4.78, 5) is 10.4. The third-order valence-corrected chi connectivity index (χ3v) is 4.56. The molecule has 0 spiro atoms. The highest BCUT2D eigenvalue weighted by molar-refractivity contribution is 14.1. The van der Waals surface area contributed by atoms with Gasteiger partial charge in [0, 0.05) is 10.3 Å². The molecule has 78 valence electrons. The molecule has 2 nitrogen and oxygen atoms in total. The summed E-state index contributed by atoms with van der Waals surface area (Å²) < 4.78 is 2.52. The van der Waals surface area contributed by atoms with E-state index >= 15 is 0 Å². The number of hydrogen-bond donors (Lipinski definition) is 1. The molecule has 0 bridgehead atoms. The van der Waals surface area contributed by atoms with E-state index in [1.165, 1.54) is 18.5 Å². The van der Waals surface area contributed by atoms with Crippen molar-refractivity contribution in [3.63, 3.8) is 0 Å². The number of carbonyl (C=O) groups excluding carboxylic acids is 1. The Morgan fingerprint density at radius 2 is 2.20 bits per heavy atom. The fraction of sp³-hybridized carbons (Fsp3) is 0.182. The second kappa shape index (κ2) is 4.49. The van der Waals surface area contributed by atoms with Gasteiger partial charge in [-0.15, -0.1) is 11.3 Å². The van der Waals surface area contributed by atoms with Crippen molar-refractivity contribution in [2.45, 2.75) is 13.0 Å². The standard InChI is InChI=1S/C11H10INOS/c1-7(13-6-14)10-8-4-2-3-5-9(8)15-11(10)12/h2-7H,1H3,(H,13,14). The van der Waals surface area contributed by atoms with E-state index in [2.05, 4.69) is 40.0 Å². The maximum absolute atomic E-state index is 10.4. The van der Waals surface area contributed by atoms with E-state index in [-0.39, 0.29) is 6.04 Å². The zero-order valence-corrected chi connectivity index (χ0v) is 11.1. The van der Waals surface area contributed by atoms with Crippen LogP contribution in [0.15, 0.2) is 24.3 Å². The minimum absolute atomic E-state index is 0.0746. The number of carbonyl (C=O) groups is 1. The summed E-state index contributed by atoms with van der Waals surface area (Å²) in [6.07, 6.45) is 0.757. The van der Waals surface area contributed by atoms with Gasteiger partial charge in [0.15, 0.2) is 0 Å². The number of benzene rings is 1. The zero-order valence-electron chi connectivity index (χ0n) is 8.16. The van der Waals surface area contributed by atoms with Gasteiger partial charge in [-0.2, -0.15) is 0 Å². The third-order valence-electron chi connectivity index (χ3n) is 2.34. The molecule has 1 N–H and O–H groups in total. The first-order valence-electron chi connectivity index (χ1n) is 4.60. The quantitative estimate of drug-likeness (QED) is 0.679. The molecule has 1 amide bonds. The average molecular weight is 331 g/mol. The van der Waals surface area contributed by atoms with Crippen LogP contribution in [0, 0.1) is 2.88 Å². The van der Waals surface area contributed by atoms with E-state index in [0.717, 1.165) is 6.41 Å². The monoisotopic (exact) mass is 331 g/mol. The van der Waals surface area contributed by atoms with Gasteiger partial charge in [0.2, 0.25) is 6.41 Å². The van der Waals surface area contributed by atoms with Crippen molar-refractivity contribution in [1.29, 1.82) is 0 Å². The molecule has 2 rings (SSSR count). The van der Waals surface area contributed by atoms with E-state index in [4.69, 9.17) is 0 Å². The van der Waals surface area contributed by atoms with Gasteiger partial charge in [0.1, 0.15) is 0 Å². The molecule has 0 fully saturated rings. The van der Waals surface area contributed by atoms with Gasteiger partial charge in [0.05, 0.1) is 8.93 Å². The molecule has 0 aliphatic carbocycles. The van der Waals surface area contributed by atoms with Crippen LogP contribution < -0.4 is 5.32 Å². The van der Waals surface area contributed by atoms with Crippen molar-refractivity contribution in [3.05, 3.63) is 32.7 Å². The largest absolute Gasteiger partial charge is 0.352 e. The summed E-state index contributed by atoms with van der Waals surface area (Å²) in [7, 11) is 0.